The molecule has 1 aliphatic rings. The SMILES string of the molecule is COC(=O)c1c(C(C)C)nc2c(c1-c1ccc(F)cc1)C=CS(O)(O)N2C. The molecule has 0 fully saturated rings. The summed E-state index contributed by atoms with van der Waals surface area (Å²) in [4.78, 5) is 17.2. The Balaban J connectivity index is 2.44. The van der Waals surface area contributed by atoms with E-state index < -0.39 is 22.6 Å². The molecule has 144 valence electrons. The highest BCUT2D eigenvalue weighted by Crippen LogP contribution is 2.53. The highest BCUT2D eigenvalue weighted by Gasteiger charge is 2.32. The predicted molar refractivity (Wildman–Crippen MR) is 105 cm³/mol. The summed E-state index contributed by atoms with van der Waals surface area (Å²) >= 11 is 0. The van der Waals surface area contributed by atoms with Gasteiger partial charge in [0.15, 0.2) is 5.82 Å². The molecule has 0 saturated carbocycles. The van der Waals surface area contributed by atoms with Gasteiger partial charge < -0.3 is 4.74 Å². The maximum absolute atomic E-state index is 13.4. The zero-order valence-electron chi connectivity index (χ0n) is 15.4. The van der Waals surface area contributed by atoms with Gasteiger partial charge in [-0.05, 0) is 29.7 Å². The Labute approximate surface area is 158 Å². The lowest BCUT2D eigenvalue weighted by molar-refractivity contribution is 0.0599. The molecule has 2 N–H and O–H groups in total. The summed E-state index contributed by atoms with van der Waals surface area (Å²) in [6.07, 6.45) is 1.53. The number of esters is 1. The first-order chi connectivity index (χ1) is 12.7. The molecule has 3 rings (SSSR count). The Bertz CT molecular complexity index is 926. The lowest BCUT2D eigenvalue weighted by atomic mass is 9.90. The van der Waals surface area contributed by atoms with E-state index in [0.717, 1.165) is 0 Å². The van der Waals surface area contributed by atoms with E-state index in [-0.39, 0.29) is 11.5 Å². The number of benzene rings is 1. The van der Waals surface area contributed by atoms with Gasteiger partial charge >= 0.3 is 5.97 Å². The van der Waals surface area contributed by atoms with Gasteiger partial charge in [-0.1, -0.05) is 36.8 Å². The molecule has 0 unspecified atom stereocenters. The van der Waals surface area contributed by atoms with Crippen molar-refractivity contribution < 1.29 is 23.0 Å². The van der Waals surface area contributed by atoms with Gasteiger partial charge in [-0.2, -0.15) is 0 Å². The molecule has 0 atom stereocenters. The third-order valence-corrected chi connectivity index (χ3v) is 5.91. The quantitative estimate of drug-likeness (QED) is 0.724. The van der Waals surface area contributed by atoms with Gasteiger partial charge in [-0.3, -0.25) is 13.4 Å². The minimum Gasteiger partial charge on any atom is -0.465 e. The van der Waals surface area contributed by atoms with Crippen LogP contribution in [0.15, 0.2) is 29.7 Å². The summed E-state index contributed by atoms with van der Waals surface area (Å²) in [6.45, 7) is 3.76. The zero-order chi connectivity index (χ0) is 19.9. The molecule has 1 aromatic carbocycles. The van der Waals surface area contributed by atoms with Crippen LogP contribution in [0.25, 0.3) is 17.2 Å². The fourth-order valence-corrected chi connectivity index (χ4v) is 3.92. The number of aromatic nitrogens is 1. The first-order valence-electron chi connectivity index (χ1n) is 8.29. The lowest BCUT2D eigenvalue weighted by Gasteiger charge is -2.42. The number of pyridine rings is 1. The summed E-state index contributed by atoms with van der Waals surface area (Å²) in [6, 6.07) is 5.76. The molecule has 2 heterocycles. The van der Waals surface area contributed by atoms with Crippen molar-refractivity contribution in [1.82, 2.24) is 4.98 Å². The number of nitrogens with zero attached hydrogens (tertiary/aromatic N) is 2. The van der Waals surface area contributed by atoms with Crippen LogP contribution in [-0.2, 0) is 4.74 Å². The number of halogens is 1. The van der Waals surface area contributed by atoms with Gasteiger partial charge in [0.05, 0.1) is 18.4 Å². The van der Waals surface area contributed by atoms with Crippen molar-refractivity contribution in [3.63, 3.8) is 0 Å². The molecule has 27 heavy (non-hydrogen) atoms. The summed E-state index contributed by atoms with van der Waals surface area (Å²) < 4.78 is 40.2. The number of anilines is 1. The van der Waals surface area contributed by atoms with Crippen molar-refractivity contribution in [2.45, 2.75) is 19.8 Å². The molecule has 0 bridgehead atoms. The number of fused-ring (bicyclic) bond motifs is 1. The summed E-state index contributed by atoms with van der Waals surface area (Å²) in [7, 11) is -0.328. The van der Waals surface area contributed by atoms with Gasteiger partial charge in [0.2, 0.25) is 0 Å². The van der Waals surface area contributed by atoms with E-state index >= 15 is 0 Å². The van der Waals surface area contributed by atoms with Crippen LogP contribution in [0.4, 0.5) is 10.2 Å². The van der Waals surface area contributed by atoms with Crippen LogP contribution >= 0.6 is 10.8 Å². The first kappa shape index (κ1) is 19.3. The Kier molecular flexibility index (Phi) is 4.98. The molecule has 1 aliphatic heterocycles. The molecule has 0 saturated heterocycles. The van der Waals surface area contributed by atoms with Crippen LogP contribution in [0.1, 0.15) is 41.4 Å². The Morgan fingerprint density at radius 3 is 2.44 bits per heavy atom. The minimum atomic E-state index is -3.15. The monoisotopic (exact) mass is 392 g/mol. The molecule has 6 nitrogen and oxygen atoms in total. The summed E-state index contributed by atoms with van der Waals surface area (Å²) in [5.74, 6) is -0.744. The highest BCUT2D eigenvalue weighted by molar-refractivity contribution is 8.28. The topological polar surface area (TPSA) is 82.9 Å². The molecule has 0 amide bonds. The predicted octanol–water partition coefficient (Wildman–Crippen LogP) is 4.88. The number of ether oxygens (including phenoxy) is 1. The second kappa shape index (κ2) is 6.95. The van der Waals surface area contributed by atoms with E-state index in [1.165, 1.54) is 42.1 Å². The normalized spacial score (nSPS) is 16.2. The number of carbonyl (C=O) groups excluding carboxylic acids is 1. The van der Waals surface area contributed by atoms with Crippen LogP contribution < -0.4 is 4.31 Å². The molecule has 1 aromatic heterocycles. The van der Waals surface area contributed by atoms with E-state index in [2.05, 4.69) is 4.98 Å². The minimum absolute atomic E-state index is 0.135. The van der Waals surface area contributed by atoms with Gasteiger partial charge in [0.1, 0.15) is 5.82 Å². The molecular weight excluding hydrogens is 371 g/mol. The van der Waals surface area contributed by atoms with Crippen molar-refractivity contribution in [3.8, 4) is 11.1 Å². The number of hydrogen-bond acceptors (Lipinski definition) is 6. The fourth-order valence-electron chi connectivity index (χ4n) is 3.02. The van der Waals surface area contributed by atoms with Gasteiger partial charge in [-0.25, -0.2) is 14.2 Å². The van der Waals surface area contributed by atoms with Gasteiger partial charge in [-0.15, -0.1) is 0 Å². The van der Waals surface area contributed by atoms with E-state index in [1.807, 2.05) is 13.8 Å². The van der Waals surface area contributed by atoms with Crippen molar-refractivity contribution in [1.29, 1.82) is 0 Å². The van der Waals surface area contributed by atoms with Crippen LogP contribution in [0.3, 0.4) is 0 Å². The average Bonchev–Trinajstić information content (AvgIpc) is 2.63. The van der Waals surface area contributed by atoms with E-state index in [1.54, 1.807) is 12.1 Å². The molecular formula is C19H21FN2O4S. The maximum Gasteiger partial charge on any atom is 0.340 e. The van der Waals surface area contributed by atoms with Crippen molar-refractivity contribution in [2.24, 2.45) is 0 Å². The number of carbonyl (C=O) groups is 1. The van der Waals surface area contributed by atoms with Crippen molar-refractivity contribution in [2.75, 3.05) is 18.5 Å². The lowest BCUT2D eigenvalue weighted by Crippen LogP contribution is -2.27. The van der Waals surface area contributed by atoms with Crippen LogP contribution in [0, 0.1) is 5.82 Å². The smallest absolute Gasteiger partial charge is 0.340 e. The molecule has 0 radical (unpaired) electrons. The average molecular weight is 392 g/mol. The molecule has 2 aromatic rings. The molecule has 8 heteroatoms. The second-order valence-corrected chi connectivity index (χ2v) is 8.44. The maximum atomic E-state index is 13.4. The van der Waals surface area contributed by atoms with Gasteiger partial charge in [0.25, 0.3) is 0 Å². The Morgan fingerprint density at radius 1 is 1.26 bits per heavy atom. The third-order valence-electron chi connectivity index (χ3n) is 4.43. The Hall–Kier alpha value is -2.42. The third kappa shape index (κ3) is 3.31. The summed E-state index contributed by atoms with van der Waals surface area (Å²) in [5, 5.41) is 1.28. The molecule has 0 aliphatic carbocycles. The van der Waals surface area contributed by atoms with Crippen LogP contribution in [0.5, 0.6) is 0 Å². The van der Waals surface area contributed by atoms with Crippen LogP contribution in [-0.4, -0.2) is 34.2 Å². The Morgan fingerprint density at radius 2 is 1.89 bits per heavy atom. The van der Waals surface area contributed by atoms with Crippen molar-refractivity contribution >= 4 is 28.6 Å². The fraction of sp³-hybridized carbons (Fsp3) is 0.263. The number of hydrogen-bond donors (Lipinski definition) is 2. The highest BCUT2D eigenvalue weighted by atomic mass is 32.3. The largest absolute Gasteiger partial charge is 0.465 e. The van der Waals surface area contributed by atoms with Crippen LogP contribution in [0.2, 0.25) is 0 Å². The standard InChI is InChI=1S/C19H21FN2O4S/c1-11(2)17-16(19(23)26-4)15(12-5-7-13(20)8-6-12)14-9-10-27(24,25)22(3)18(14)21-17/h5-11,24-25H,1-4H3. The van der Waals surface area contributed by atoms with E-state index in [4.69, 9.17) is 4.74 Å². The van der Waals surface area contributed by atoms with E-state index in [9.17, 15) is 18.3 Å². The first-order valence-corrected chi connectivity index (χ1v) is 9.86. The number of methoxy groups -OCH3 is 1. The second-order valence-electron chi connectivity index (χ2n) is 6.50. The van der Waals surface area contributed by atoms with Gasteiger partial charge in [0, 0.05) is 23.6 Å². The summed E-state index contributed by atoms with van der Waals surface area (Å²) in [5.41, 5.74) is 2.43. The zero-order valence-corrected chi connectivity index (χ0v) is 16.2. The number of rotatable bonds is 3. The van der Waals surface area contributed by atoms with Crippen molar-refractivity contribution in [3.05, 3.63) is 52.3 Å². The molecule has 0 spiro atoms. The van der Waals surface area contributed by atoms with E-state index in [0.29, 0.717) is 28.2 Å².